The second-order valence-corrected chi connectivity index (χ2v) is 5.42. The van der Waals surface area contributed by atoms with E-state index in [1.54, 1.807) is 0 Å². The molecule has 0 aromatic rings. The van der Waals surface area contributed by atoms with Crippen LogP contribution < -0.4 is 5.32 Å². The lowest BCUT2D eigenvalue weighted by Gasteiger charge is -2.36. The van der Waals surface area contributed by atoms with Gasteiger partial charge in [0.2, 0.25) is 5.91 Å². The van der Waals surface area contributed by atoms with Gasteiger partial charge >= 0.3 is 0 Å². The van der Waals surface area contributed by atoms with Crippen LogP contribution in [0.1, 0.15) is 45.4 Å². The fourth-order valence-electron chi connectivity index (χ4n) is 2.84. The summed E-state index contributed by atoms with van der Waals surface area (Å²) < 4.78 is 5.79. The van der Waals surface area contributed by atoms with Gasteiger partial charge in [0.05, 0.1) is 12.1 Å². The monoisotopic (exact) mass is 254 g/mol. The molecule has 104 valence electrons. The van der Waals surface area contributed by atoms with E-state index in [-0.39, 0.29) is 12.1 Å². The first-order valence-corrected chi connectivity index (χ1v) is 7.45. The van der Waals surface area contributed by atoms with Crippen LogP contribution in [0.15, 0.2) is 0 Å². The second-order valence-electron chi connectivity index (χ2n) is 5.42. The summed E-state index contributed by atoms with van der Waals surface area (Å²) in [5.74, 6) is 0.291. The van der Waals surface area contributed by atoms with E-state index in [0.717, 1.165) is 51.9 Å². The summed E-state index contributed by atoms with van der Waals surface area (Å²) in [6.07, 6.45) is 6.85. The standard InChI is InChI=1S/C14H26N2O2/c1-2-10-18-12-6-5-9-16(11-12)14(17)13-7-3-4-8-15-13/h12-13,15H,2-11H2,1H3/t12?,13-/m1/s1. The van der Waals surface area contributed by atoms with E-state index >= 15 is 0 Å². The summed E-state index contributed by atoms with van der Waals surface area (Å²) in [5, 5.41) is 3.34. The van der Waals surface area contributed by atoms with Gasteiger partial charge in [-0.15, -0.1) is 0 Å². The Labute approximate surface area is 110 Å². The van der Waals surface area contributed by atoms with Gasteiger partial charge < -0.3 is 15.0 Å². The average molecular weight is 254 g/mol. The number of likely N-dealkylation sites (tertiary alicyclic amines) is 1. The lowest BCUT2D eigenvalue weighted by atomic mass is 10.0. The van der Waals surface area contributed by atoms with E-state index < -0.39 is 0 Å². The highest BCUT2D eigenvalue weighted by molar-refractivity contribution is 5.82. The zero-order valence-corrected chi connectivity index (χ0v) is 11.5. The van der Waals surface area contributed by atoms with Crippen LogP contribution in [0.2, 0.25) is 0 Å². The van der Waals surface area contributed by atoms with Crippen LogP contribution in [0.5, 0.6) is 0 Å². The van der Waals surface area contributed by atoms with Crippen LogP contribution in [-0.4, -0.2) is 49.2 Å². The molecule has 0 bridgehead atoms. The first-order valence-electron chi connectivity index (χ1n) is 7.45. The number of amides is 1. The number of hydrogen-bond acceptors (Lipinski definition) is 3. The summed E-state index contributed by atoms with van der Waals surface area (Å²) in [5.41, 5.74) is 0. The number of carbonyl (C=O) groups excluding carboxylic acids is 1. The number of rotatable bonds is 4. The van der Waals surface area contributed by atoms with Crippen LogP contribution >= 0.6 is 0 Å². The van der Waals surface area contributed by atoms with Gasteiger partial charge in [0.1, 0.15) is 0 Å². The van der Waals surface area contributed by atoms with Gasteiger partial charge in [-0.3, -0.25) is 4.79 Å². The van der Waals surface area contributed by atoms with Gasteiger partial charge in [-0.2, -0.15) is 0 Å². The maximum Gasteiger partial charge on any atom is 0.239 e. The van der Waals surface area contributed by atoms with E-state index in [0.29, 0.717) is 5.91 Å². The first kappa shape index (κ1) is 13.8. The second kappa shape index (κ2) is 7.10. The van der Waals surface area contributed by atoms with Gasteiger partial charge in [-0.1, -0.05) is 13.3 Å². The Morgan fingerprint density at radius 1 is 1.33 bits per heavy atom. The van der Waals surface area contributed by atoms with Gasteiger partial charge in [-0.25, -0.2) is 0 Å². The van der Waals surface area contributed by atoms with Crippen molar-refractivity contribution in [2.24, 2.45) is 0 Å². The number of ether oxygens (including phenoxy) is 1. The van der Waals surface area contributed by atoms with Crippen LogP contribution in [-0.2, 0) is 9.53 Å². The number of nitrogens with one attached hydrogen (secondary N) is 1. The smallest absolute Gasteiger partial charge is 0.239 e. The largest absolute Gasteiger partial charge is 0.376 e. The Kier molecular flexibility index (Phi) is 5.45. The Bertz CT molecular complexity index is 265. The summed E-state index contributed by atoms with van der Waals surface area (Å²) in [6, 6.07) is 0.0590. The van der Waals surface area contributed by atoms with Crippen LogP contribution in [0.3, 0.4) is 0 Å². The highest BCUT2D eigenvalue weighted by Gasteiger charge is 2.29. The number of nitrogens with zero attached hydrogens (tertiary/aromatic N) is 1. The van der Waals surface area contributed by atoms with Crippen molar-refractivity contribution in [3.05, 3.63) is 0 Å². The molecule has 1 amide bonds. The zero-order chi connectivity index (χ0) is 12.8. The fourth-order valence-corrected chi connectivity index (χ4v) is 2.84. The van der Waals surface area contributed by atoms with Crippen molar-refractivity contribution in [1.29, 1.82) is 0 Å². The van der Waals surface area contributed by atoms with Gasteiger partial charge in [0.25, 0.3) is 0 Å². The molecule has 0 spiro atoms. The minimum Gasteiger partial charge on any atom is -0.376 e. The molecule has 0 radical (unpaired) electrons. The summed E-state index contributed by atoms with van der Waals surface area (Å²) >= 11 is 0. The van der Waals surface area contributed by atoms with Crippen molar-refractivity contribution < 1.29 is 9.53 Å². The van der Waals surface area contributed by atoms with Crippen LogP contribution in [0.4, 0.5) is 0 Å². The predicted molar refractivity (Wildman–Crippen MR) is 71.5 cm³/mol. The van der Waals surface area contributed by atoms with E-state index in [2.05, 4.69) is 12.2 Å². The summed E-state index contributed by atoms with van der Waals surface area (Å²) in [4.78, 5) is 14.4. The molecular weight excluding hydrogens is 228 g/mol. The Hall–Kier alpha value is -0.610. The minimum atomic E-state index is 0.0590. The van der Waals surface area contributed by atoms with Crippen LogP contribution in [0, 0.1) is 0 Å². The average Bonchev–Trinajstić information content (AvgIpc) is 2.45. The van der Waals surface area contributed by atoms with Crippen molar-refractivity contribution in [3.63, 3.8) is 0 Å². The topological polar surface area (TPSA) is 41.6 Å². The molecule has 4 heteroatoms. The summed E-state index contributed by atoms with van der Waals surface area (Å²) in [7, 11) is 0. The van der Waals surface area contributed by atoms with E-state index in [1.165, 1.54) is 12.8 Å². The third-order valence-corrected chi connectivity index (χ3v) is 3.86. The highest BCUT2D eigenvalue weighted by atomic mass is 16.5. The highest BCUT2D eigenvalue weighted by Crippen LogP contribution is 2.17. The molecule has 2 aliphatic heterocycles. The first-order chi connectivity index (χ1) is 8.81. The molecule has 2 saturated heterocycles. The molecule has 2 aliphatic rings. The van der Waals surface area contributed by atoms with Crippen LogP contribution in [0.25, 0.3) is 0 Å². The van der Waals surface area contributed by atoms with E-state index in [4.69, 9.17) is 4.74 Å². The molecule has 0 saturated carbocycles. The van der Waals surface area contributed by atoms with Gasteiger partial charge in [0, 0.05) is 19.7 Å². The predicted octanol–water partition coefficient (Wildman–Crippen LogP) is 1.55. The minimum absolute atomic E-state index is 0.0590. The lowest BCUT2D eigenvalue weighted by Crippen LogP contribution is -2.52. The van der Waals surface area contributed by atoms with Crippen molar-refractivity contribution in [1.82, 2.24) is 10.2 Å². The van der Waals surface area contributed by atoms with E-state index in [9.17, 15) is 4.79 Å². The van der Waals surface area contributed by atoms with Crippen molar-refractivity contribution in [3.8, 4) is 0 Å². The number of piperidine rings is 2. The zero-order valence-electron chi connectivity index (χ0n) is 11.5. The van der Waals surface area contributed by atoms with Crippen molar-refractivity contribution in [2.45, 2.75) is 57.6 Å². The van der Waals surface area contributed by atoms with E-state index in [1.807, 2.05) is 4.90 Å². The molecule has 2 rings (SSSR count). The molecule has 2 atom stereocenters. The molecule has 0 aromatic heterocycles. The molecule has 1 unspecified atom stereocenters. The molecule has 2 heterocycles. The Balaban J connectivity index is 1.81. The number of carbonyl (C=O) groups is 1. The molecule has 4 nitrogen and oxygen atoms in total. The normalized spacial score (nSPS) is 29.3. The Morgan fingerprint density at radius 3 is 2.94 bits per heavy atom. The SMILES string of the molecule is CCCOC1CCCN(C(=O)[C@H]2CCCCN2)C1. The maximum absolute atomic E-state index is 12.4. The molecule has 1 N–H and O–H groups in total. The lowest BCUT2D eigenvalue weighted by molar-refractivity contribution is -0.138. The summed E-state index contributed by atoms with van der Waals surface area (Å²) in [6.45, 7) is 5.62. The van der Waals surface area contributed by atoms with Crippen molar-refractivity contribution in [2.75, 3.05) is 26.2 Å². The molecule has 18 heavy (non-hydrogen) atoms. The van der Waals surface area contributed by atoms with Gasteiger partial charge in [-0.05, 0) is 38.6 Å². The Morgan fingerprint density at radius 2 is 2.22 bits per heavy atom. The fraction of sp³-hybridized carbons (Fsp3) is 0.929. The number of hydrogen-bond donors (Lipinski definition) is 1. The third-order valence-electron chi connectivity index (χ3n) is 3.86. The molecule has 0 aliphatic carbocycles. The molecular formula is C14H26N2O2. The third kappa shape index (κ3) is 3.69. The van der Waals surface area contributed by atoms with Gasteiger partial charge in [0.15, 0.2) is 0 Å². The quantitative estimate of drug-likeness (QED) is 0.827. The van der Waals surface area contributed by atoms with Crippen molar-refractivity contribution >= 4 is 5.91 Å². The molecule has 0 aromatic carbocycles. The maximum atomic E-state index is 12.4. The molecule has 2 fully saturated rings.